The number of rotatable bonds is 7. The first kappa shape index (κ1) is 31.6. The molecule has 3 aromatic carbocycles. The third kappa shape index (κ3) is 6.99. The first-order valence-corrected chi connectivity index (χ1v) is 18.4. The van der Waals surface area contributed by atoms with Crippen LogP contribution >= 0.6 is 11.8 Å². The van der Waals surface area contributed by atoms with Gasteiger partial charge in [-0.05, 0) is 66.4 Å². The molecule has 0 spiro atoms. The molecular formula is C36H38N6O3S2. The lowest BCUT2D eigenvalue weighted by atomic mass is 10.0. The molecule has 242 valence electrons. The summed E-state index contributed by atoms with van der Waals surface area (Å²) in [5, 5.41) is 5.63. The second-order valence-corrected chi connectivity index (χ2v) is 15.3. The zero-order valence-electron chi connectivity index (χ0n) is 26.4. The smallest absolute Gasteiger partial charge is 0.286 e. The zero-order chi connectivity index (χ0) is 32.4. The van der Waals surface area contributed by atoms with E-state index in [2.05, 4.69) is 46.0 Å². The number of benzene rings is 3. The Labute approximate surface area is 280 Å². The van der Waals surface area contributed by atoms with E-state index in [9.17, 15) is 13.2 Å². The van der Waals surface area contributed by atoms with Gasteiger partial charge in [0.05, 0.1) is 15.5 Å². The van der Waals surface area contributed by atoms with Crippen LogP contribution in [0, 0.1) is 5.92 Å². The third-order valence-electron chi connectivity index (χ3n) is 9.04. The van der Waals surface area contributed by atoms with Crippen LogP contribution in [0.4, 0.5) is 0 Å². The Morgan fingerprint density at radius 1 is 0.872 bits per heavy atom. The van der Waals surface area contributed by atoms with E-state index in [1.807, 2.05) is 54.7 Å². The molecule has 0 radical (unpaired) electrons. The number of amidine groups is 1. The Kier molecular flexibility index (Phi) is 9.13. The fraction of sp³-hybridized carbons (Fsp3) is 0.306. The van der Waals surface area contributed by atoms with Crippen molar-refractivity contribution in [2.24, 2.45) is 10.9 Å². The number of hydrogen-bond donors (Lipinski definition) is 0. The standard InChI is InChI=1S/C36H38N6O3S2/c1-27-15-17-41(18-16-27)47(44,45)32-14-8-11-29(23-32)34-30(26-42(38-34)31-12-6-3-7-13-31)24-33-35(43)37-36(46-33)40-21-19-39(20-22-40)25-28-9-4-2-5-10-28/h2-14,23-24,26-27H,15-22,25H2,1H3/b33-24-. The van der Waals surface area contributed by atoms with Gasteiger partial charge >= 0.3 is 0 Å². The summed E-state index contributed by atoms with van der Waals surface area (Å²) in [7, 11) is -3.65. The molecule has 11 heteroatoms. The summed E-state index contributed by atoms with van der Waals surface area (Å²) in [6.45, 7) is 7.51. The van der Waals surface area contributed by atoms with Gasteiger partial charge in [0, 0.05) is 63.1 Å². The number of aliphatic imine (C=N–C) groups is 1. The van der Waals surface area contributed by atoms with Crippen molar-refractivity contribution in [2.45, 2.75) is 31.2 Å². The SMILES string of the molecule is CC1CCN(S(=O)(=O)c2cccc(-c3nn(-c4ccccc4)cc3/C=C3\SC(N4CCN(Cc5ccccc5)CC4)=NC3=O)c2)CC1. The lowest BCUT2D eigenvalue weighted by Gasteiger charge is -2.35. The summed E-state index contributed by atoms with van der Waals surface area (Å²) in [5.41, 5.74) is 4.15. The molecule has 1 aromatic heterocycles. The van der Waals surface area contributed by atoms with Crippen molar-refractivity contribution in [3.8, 4) is 16.9 Å². The van der Waals surface area contributed by atoms with Crippen LogP contribution in [-0.4, -0.2) is 82.6 Å². The second kappa shape index (κ2) is 13.6. The van der Waals surface area contributed by atoms with E-state index in [1.165, 1.54) is 17.3 Å². The molecule has 3 aliphatic heterocycles. The summed E-state index contributed by atoms with van der Waals surface area (Å²) in [5.74, 6) is 0.251. The zero-order valence-corrected chi connectivity index (χ0v) is 28.0. The molecule has 0 aliphatic carbocycles. The van der Waals surface area contributed by atoms with Gasteiger partial charge in [-0.1, -0.05) is 67.6 Å². The predicted molar refractivity (Wildman–Crippen MR) is 187 cm³/mol. The van der Waals surface area contributed by atoms with Gasteiger partial charge in [-0.3, -0.25) is 9.69 Å². The van der Waals surface area contributed by atoms with Crippen LogP contribution in [0.2, 0.25) is 0 Å². The molecule has 2 saturated heterocycles. The van der Waals surface area contributed by atoms with Crippen LogP contribution in [0.1, 0.15) is 30.9 Å². The number of piperidine rings is 1. The summed E-state index contributed by atoms with van der Waals surface area (Å²) in [6, 6.07) is 27.2. The van der Waals surface area contributed by atoms with Crippen LogP contribution < -0.4 is 0 Å². The molecule has 0 atom stereocenters. The average molecular weight is 667 g/mol. The van der Waals surface area contributed by atoms with Gasteiger partial charge in [0.1, 0.15) is 5.69 Å². The predicted octanol–water partition coefficient (Wildman–Crippen LogP) is 5.75. The summed E-state index contributed by atoms with van der Waals surface area (Å²) >= 11 is 1.39. The number of piperazine rings is 1. The molecule has 7 rings (SSSR count). The highest BCUT2D eigenvalue weighted by Crippen LogP contribution is 2.35. The van der Waals surface area contributed by atoms with E-state index in [-0.39, 0.29) is 10.8 Å². The first-order chi connectivity index (χ1) is 22.8. The summed E-state index contributed by atoms with van der Waals surface area (Å²) in [6.07, 6.45) is 5.44. The Morgan fingerprint density at radius 2 is 1.57 bits per heavy atom. The Balaban J connectivity index is 1.13. The number of carbonyl (C=O) groups excluding carboxylic acids is 1. The van der Waals surface area contributed by atoms with E-state index in [0.717, 1.165) is 62.0 Å². The number of hydrogen-bond acceptors (Lipinski definition) is 7. The number of aromatic nitrogens is 2. The molecule has 0 bridgehead atoms. The highest BCUT2D eigenvalue weighted by Gasteiger charge is 2.31. The van der Waals surface area contributed by atoms with Gasteiger partial charge in [-0.25, -0.2) is 13.1 Å². The van der Waals surface area contributed by atoms with Gasteiger partial charge in [0.15, 0.2) is 5.17 Å². The maximum absolute atomic E-state index is 13.6. The maximum Gasteiger partial charge on any atom is 0.286 e. The molecule has 4 heterocycles. The number of sulfonamides is 1. The van der Waals surface area contributed by atoms with Crippen LogP contribution in [0.5, 0.6) is 0 Å². The van der Waals surface area contributed by atoms with Crippen LogP contribution in [0.15, 0.2) is 106 Å². The third-order valence-corrected chi connectivity index (χ3v) is 12.0. The van der Waals surface area contributed by atoms with Crippen molar-refractivity contribution < 1.29 is 13.2 Å². The maximum atomic E-state index is 13.6. The van der Waals surface area contributed by atoms with Crippen molar-refractivity contribution in [3.05, 3.63) is 107 Å². The van der Waals surface area contributed by atoms with E-state index >= 15 is 0 Å². The van der Waals surface area contributed by atoms with Crippen LogP contribution in [0.25, 0.3) is 23.0 Å². The van der Waals surface area contributed by atoms with Gasteiger partial charge in [0.25, 0.3) is 5.91 Å². The molecule has 4 aromatic rings. The van der Waals surface area contributed by atoms with Crippen molar-refractivity contribution in [1.29, 1.82) is 0 Å². The quantitative estimate of drug-likeness (QED) is 0.232. The molecule has 9 nitrogen and oxygen atoms in total. The number of nitrogens with zero attached hydrogens (tertiary/aromatic N) is 6. The average Bonchev–Trinajstić information content (AvgIpc) is 3.69. The van der Waals surface area contributed by atoms with Crippen LogP contribution in [-0.2, 0) is 21.4 Å². The van der Waals surface area contributed by atoms with E-state index in [4.69, 9.17) is 5.10 Å². The highest BCUT2D eigenvalue weighted by molar-refractivity contribution is 8.18. The molecule has 0 saturated carbocycles. The summed E-state index contributed by atoms with van der Waals surface area (Å²) < 4.78 is 30.6. The second-order valence-electron chi connectivity index (χ2n) is 12.4. The van der Waals surface area contributed by atoms with Crippen molar-refractivity contribution in [2.75, 3.05) is 39.3 Å². The first-order valence-electron chi connectivity index (χ1n) is 16.1. The number of amides is 1. The number of carbonyl (C=O) groups is 1. The molecule has 2 fully saturated rings. The topological polar surface area (TPSA) is 91.1 Å². The lowest BCUT2D eigenvalue weighted by Crippen LogP contribution is -2.47. The Bertz CT molecular complexity index is 1910. The van der Waals surface area contributed by atoms with Crippen molar-refractivity contribution in [3.63, 3.8) is 0 Å². The van der Waals surface area contributed by atoms with E-state index < -0.39 is 10.0 Å². The van der Waals surface area contributed by atoms with E-state index in [1.54, 1.807) is 27.2 Å². The van der Waals surface area contributed by atoms with E-state index in [0.29, 0.717) is 35.2 Å². The van der Waals surface area contributed by atoms with Crippen LogP contribution in [0.3, 0.4) is 0 Å². The largest absolute Gasteiger partial charge is 0.348 e. The Hall–Kier alpha value is -4.03. The number of thioether (sulfide) groups is 1. The van der Waals surface area contributed by atoms with Crippen molar-refractivity contribution in [1.82, 2.24) is 23.9 Å². The minimum atomic E-state index is -3.65. The summed E-state index contributed by atoms with van der Waals surface area (Å²) in [4.78, 5) is 23.0. The molecule has 47 heavy (non-hydrogen) atoms. The minimum absolute atomic E-state index is 0.251. The fourth-order valence-electron chi connectivity index (χ4n) is 6.22. The highest BCUT2D eigenvalue weighted by atomic mass is 32.2. The minimum Gasteiger partial charge on any atom is -0.348 e. The number of para-hydroxylation sites is 1. The monoisotopic (exact) mass is 666 g/mol. The molecule has 1 amide bonds. The molecular weight excluding hydrogens is 629 g/mol. The molecule has 0 N–H and O–H groups in total. The van der Waals surface area contributed by atoms with Gasteiger partial charge in [-0.2, -0.15) is 14.4 Å². The normalized spacial score (nSPS) is 19.4. The van der Waals surface area contributed by atoms with Crippen molar-refractivity contribution >= 4 is 38.9 Å². The lowest BCUT2D eigenvalue weighted by molar-refractivity contribution is -0.113. The van der Waals surface area contributed by atoms with Gasteiger partial charge in [-0.15, -0.1) is 0 Å². The Morgan fingerprint density at radius 3 is 2.30 bits per heavy atom. The molecule has 3 aliphatic rings. The fourth-order valence-corrected chi connectivity index (χ4v) is 8.69. The van der Waals surface area contributed by atoms with Gasteiger partial charge < -0.3 is 4.90 Å². The molecule has 0 unspecified atom stereocenters. The van der Waals surface area contributed by atoms with Gasteiger partial charge in [0.2, 0.25) is 10.0 Å².